The molecule has 0 saturated carbocycles. The highest BCUT2D eigenvalue weighted by Crippen LogP contribution is 2.12. The van der Waals surface area contributed by atoms with Crippen molar-refractivity contribution in [1.29, 1.82) is 0 Å². The molecule has 2 N–H and O–H groups in total. The molecule has 0 fully saturated rings. The molecule has 1 heterocycles. The number of methoxy groups -OCH3 is 1. The van der Waals surface area contributed by atoms with Crippen LogP contribution < -0.4 is 10.5 Å². The van der Waals surface area contributed by atoms with Gasteiger partial charge in [0, 0.05) is 18.2 Å². The number of hydrogen-bond acceptors (Lipinski definition) is 5. The largest absolute Gasteiger partial charge is 0.477 e. The molecular weight excluding hydrogens is 232 g/mol. The molecule has 0 aliphatic carbocycles. The summed E-state index contributed by atoms with van der Waals surface area (Å²) in [6.07, 6.45) is 2.61. The predicted octanol–water partition coefficient (Wildman–Crippen LogP) is 1.30. The van der Waals surface area contributed by atoms with Gasteiger partial charge in [0.2, 0.25) is 0 Å². The molecule has 2 atom stereocenters. The SMILES string of the molecule is CCC(N)Cc1ccc(OC(C)C(=O)OC)cn1. The number of aromatic nitrogens is 1. The lowest BCUT2D eigenvalue weighted by Gasteiger charge is -2.13. The Hall–Kier alpha value is -1.62. The van der Waals surface area contributed by atoms with Crippen molar-refractivity contribution in [2.24, 2.45) is 5.73 Å². The monoisotopic (exact) mass is 252 g/mol. The highest BCUT2D eigenvalue weighted by molar-refractivity contribution is 5.74. The minimum Gasteiger partial charge on any atom is -0.477 e. The van der Waals surface area contributed by atoms with E-state index in [1.807, 2.05) is 13.0 Å². The molecule has 0 amide bonds. The van der Waals surface area contributed by atoms with Crippen molar-refractivity contribution in [3.8, 4) is 5.75 Å². The van der Waals surface area contributed by atoms with Crippen LogP contribution in [-0.2, 0) is 16.0 Å². The maximum atomic E-state index is 11.2. The molecule has 0 aliphatic rings. The van der Waals surface area contributed by atoms with E-state index >= 15 is 0 Å². The van der Waals surface area contributed by atoms with Crippen LogP contribution >= 0.6 is 0 Å². The molecule has 1 aromatic rings. The number of ether oxygens (including phenoxy) is 2. The summed E-state index contributed by atoms with van der Waals surface area (Å²) in [5.41, 5.74) is 6.77. The molecule has 100 valence electrons. The van der Waals surface area contributed by atoms with Gasteiger partial charge in [-0.15, -0.1) is 0 Å². The van der Waals surface area contributed by atoms with Crippen LogP contribution in [0.3, 0.4) is 0 Å². The summed E-state index contributed by atoms with van der Waals surface area (Å²) in [5.74, 6) is 0.133. The lowest BCUT2D eigenvalue weighted by Crippen LogP contribution is -2.25. The fourth-order valence-corrected chi connectivity index (χ4v) is 1.43. The zero-order chi connectivity index (χ0) is 13.5. The molecule has 5 nitrogen and oxygen atoms in total. The van der Waals surface area contributed by atoms with Crippen LogP contribution in [-0.4, -0.2) is 30.2 Å². The number of rotatable bonds is 6. The van der Waals surface area contributed by atoms with Crippen LogP contribution in [0.1, 0.15) is 26.0 Å². The normalized spacial score (nSPS) is 13.8. The topological polar surface area (TPSA) is 74.4 Å². The molecular formula is C13H20N2O3. The maximum absolute atomic E-state index is 11.2. The minimum atomic E-state index is -0.638. The zero-order valence-electron chi connectivity index (χ0n) is 11.1. The zero-order valence-corrected chi connectivity index (χ0v) is 11.1. The van der Waals surface area contributed by atoms with Gasteiger partial charge in [0.1, 0.15) is 5.75 Å². The van der Waals surface area contributed by atoms with Crippen molar-refractivity contribution in [2.45, 2.75) is 38.8 Å². The van der Waals surface area contributed by atoms with E-state index in [4.69, 9.17) is 10.5 Å². The number of carbonyl (C=O) groups is 1. The van der Waals surface area contributed by atoms with E-state index in [0.29, 0.717) is 5.75 Å². The van der Waals surface area contributed by atoms with Crippen molar-refractivity contribution in [3.63, 3.8) is 0 Å². The van der Waals surface area contributed by atoms with E-state index in [1.165, 1.54) is 7.11 Å². The fourth-order valence-electron chi connectivity index (χ4n) is 1.43. The highest BCUT2D eigenvalue weighted by atomic mass is 16.6. The summed E-state index contributed by atoms with van der Waals surface area (Å²) >= 11 is 0. The van der Waals surface area contributed by atoms with Crippen LogP contribution in [0.2, 0.25) is 0 Å². The minimum absolute atomic E-state index is 0.123. The Balaban J connectivity index is 2.57. The third kappa shape index (κ3) is 4.33. The maximum Gasteiger partial charge on any atom is 0.346 e. The first kappa shape index (κ1) is 14.4. The first-order valence-corrected chi connectivity index (χ1v) is 6.01. The van der Waals surface area contributed by atoms with Crippen molar-refractivity contribution in [2.75, 3.05) is 7.11 Å². The van der Waals surface area contributed by atoms with Crippen molar-refractivity contribution < 1.29 is 14.3 Å². The van der Waals surface area contributed by atoms with Gasteiger partial charge in [0.25, 0.3) is 0 Å². The number of hydrogen-bond donors (Lipinski definition) is 1. The molecule has 1 aromatic heterocycles. The average Bonchev–Trinajstić information content (AvgIpc) is 2.39. The number of esters is 1. The molecule has 0 saturated heterocycles. The Morgan fingerprint density at radius 1 is 1.50 bits per heavy atom. The van der Waals surface area contributed by atoms with Crippen LogP contribution in [0.25, 0.3) is 0 Å². The summed E-state index contributed by atoms with van der Waals surface area (Å²) in [7, 11) is 1.33. The van der Waals surface area contributed by atoms with Gasteiger partial charge in [-0.2, -0.15) is 0 Å². The lowest BCUT2D eigenvalue weighted by molar-refractivity contribution is -0.147. The number of nitrogens with two attached hydrogens (primary N) is 1. The van der Waals surface area contributed by atoms with E-state index in [1.54, 1.807) is 19.2 Å². The first-order chi connectivity index (χ1) is 8.56. The van der Waals surface area contributed by atoms with Gasteiger partial charge in [0.15, 0.2) is 6.10 Å². The first-order valence-electron chi connectivity index (χ1n) is 6.01. The molecule has 5 heteroatoms. The van der Waals surface area contributed by atoms with Gasteiger partial charge in [-0.3, -0.25) is 4.98 Å². The van der Waals surface area contributed by atoms with Crippen molar-refractivity contribution in [1.82, 2.24) is 4.98 Å². The smallest absolute Gasteiger partial charge is 0.346 e. The van der Waals surface area contributed by atoms with Crippen LogP contribution in [0.5, 0.6) is 5.75 Å². The van der Waals surface area contributed by atoms with Crippen LogP contribution in [0, 0.1) is 0 Å². The highest BCUT2D eigenvalue weighted by Gasteiger charge is 2.14. The molecule has 0 bridgehead atoms. The van der Waals surface area contributed by atoms with E-state index in [9.17, 15) is 4.79 Å². The quantitative estimate of drug-likeness (QED) is 0.772. The average molecular weight is 252 g/mol. The number of nitrogens with zero attached hydrogens (tertiary/aromatic N) is 1. The van der Waals surface area contributed by atoms with E-state index in [0.717, 1.165) is 18.5 Å². The second kappa shape index (κ2) is 6.96. The van der Waals surface area contributed by atoms with Gasteiger partial charge < -0.3 is 15.2 Å². The Morgan fingerprint density at radius 2 is 2.22 bits per heavy atom. The molecule has 0 spiro atoms. The summed E-state index contributed by atoms with van der Waals surface area (Å²) in [4.78, 5) is 15.4. The molecule has 1 rings (SSSR count). The van der Waals surface area contributed by atoms with Crippen LogP contribution in [0.4, 0.5) is 0 Å². The predicted molar refractivity (Wildman–Crippen MR) is 68.3 cm³/mol. The second-order valence-corrected chi connectivity index (χ2v) is 4.14. The van der Waals surface area contributed by atoms with E-state index in [2.05, 4.69) is 9.72 Å². The Labute approximate surface area is 107 Å². The lowest BCUT2D eigenvalue weighted by atomic mass is 10.1. The third-order valence-corrected chi connectivity index (χ3v) is 2.64. The van der Waals surface area contributed by atoms with Crippen molar-refractivity contribution in [3.05, 3.63) is 24.0 Å². The van der Waals surface area contributed by atoms with E-state index < -0.39 is 12.1 Å². The van der Waals surface area contributed by atoms with Gasteiger partial charge in [-0.05, 0) is 25.5 Å². The molecule has 0 aromatic carbocycles. The summed E-state index contributed by atoms with van der Waals surface area (Å²) in [5, 5.41) is 0. The van der Waals surface area contributed by atoms with Gasteiger partial charge in [-0.25, -0.2) is 4.79 Å². The van der Waals surface area contributed by atoms with Gasteiger partial charge >= 0.3 is 5.97 Å². The Kier molecular flexibility index (Phi) is 5.58. The molecule has 0 aliphatic heterocycles. The van der Waals surface area contributed by atoms with Gasteiger partial charge in [-0.1, -0.05) is 6.92 Å². The Bertz CT molecular complexity index is 378. The summed E-state index contributed by atoms with van der Waals surface area (Å²) in [6, 6.07) is 3.76. The summed E-state index contributed by atoms with van der Waals surface area (Å²) in [6.45, 7) is 3.67. The molecule has 2 unspecified atom stereocenters. The molecule has 18 heavy (non-hydrogen) atoms. The fraction of sp³-hybridized carbons (Fsp3) is 0.538. The second-order valence-electron chi connectivity index (χ2n) is 4.14. The molecule has 0 radical (unpaired) electrons. The number of pyridine rings is 1. The van der Waals surface area contributed by atoms with Crippen molar-refractivity contribution >= 4 is 5.97 Å². The summed E-state index contributed by atoms with van der Waals surface area (Å²) < 4.78 is 9.96. The van der Waals surface area contributed by atoms with E-state index in [-0.39, 0.29) is 6.04 Å². The Morgan fingerprint density at radius 3 is 2.72 bits per heavy atom. The number of carbonyl (C=O) groups excluding carboxylic acids is 1. The van der Waals surface area contributed by atoms with Crippen LogP contribution in [0.15, 0.2) is 18.3 Å². The van der Waals surface area contributed by atoms with Gasteiger partial charge in [0.05, 0.1) is 13.3 Å². The standard InChI is InChI=1S/C13H20N2O3/c1-4-10(14)7-11-5-6-12(8-15-11)18-9(2)13(16)17-3/h5-6,8-10H,4,7,14H2,1-3H3. The third-order valence-electron chi connectivity index (χ3n) is 2.64.